The van der Waals surface area contributed by atoms with E-state index in [2.05, 4.69) is 5.32 Å². The predicted octanol–water partition coefficient (Wildman–Crippen LogP) is 3.87. The molecule has 3 rings (SSSR count). The third kappa shape index (κ3) is 5.09. The van der Waals surface area contributed by atoms with E-state index in [0.717, 1.165) is 21.9 Å². The van der Waals surface area contributed by atoms with Crippen LogP contribution < -0.4 is 5.32 Å². The van der Waals surface area contributed by atoms with E-state index < -0.39 is 34.0 Å². The Morgan fingerprint density at radius 1 is 1.16 bits per heavy atom. The normalized spacial score (nSPS) is 17.4. The van der Waals surface area contributed by atoms with Gasteiger partial charge < -0.3 is 10.4 Å². The Kier molecular flexibility index (Phi) is 7.82. The van der Waals surface area contributed by atoms with Crippen LogP contribution in [0.2, 0.25) is 10.0 Å². The summed E-state index contributed by atoms with van der Waals surface area (Å²) >= 11 is 12.2. The van der Waals surface area contributed by atoms with Gasteiger partial charge in [-0.1, -0.05) is 73.3 Å². The molecule has 0 fully saturated rings. The van der Waals surface area contributed by atoms with Crippen LogP contribution in [0.3, 0.4) is 0 Å². The fourth-order valence-corrected chi connectivity index (χ4v) is 6.02. The number of nitrogens with zero attached hydrogens (tertiary/aromatic N) is 1. The number of aliphatic carboxylic acids is 1. The van der Waals surface area contributed by atoms with Crippen LogP contribution in [0.25, 0.3) is 0 Å². The molecule has 1 unspecified atom stereocenters. The maximum absolute atomic E-state index is 13.6. The molecule has 0 saturated carbocycles. The number of benzene rings is 2. The molecule has 2 atom stereocenters. The summed E-state index contributed by atoms with van der Waals surface area (Å²) in [5, 5.41) is 12.0. The monoisotopic (exact) mass is 498 g/mol. The van der Waals surface area contributed by atoms with Gasteiger partial charge in [0.15, 0.2) is 0 Å². The van der Waals surface area contributed by atoms with E-state index >= 15 is 0 Å². The van der Waals surface area contributed by atoms with Crippen molar-refractivity contribution in [1.29, 1.82) is 0 Å². The second kappa shape index (κ2) is 10.2. The van der Waals surface area contributed by atoms with Crippen LogP contribution in [0.4, 0.5) is 0 Å². The minimum Gasteiger partial charge on any atom is -0.480 e. The highest BCUT2D eigenvalue weighted by molar-refractivity contribution is 7.89. The van der Waals surface area contributed by atoms with Gasteiger partial charge in [-0.25, -0.2) is 13.2 Å². The van der Waals surface area contributed by atoms with Gasteiger partial charge in [-0.15, -0.1) is 0 Å². The molecule has 2 aromatic rings. The van der Waals surface area contributed by atoms with Crippen molar-refractivity contribution in [3.05, 3.63) is 63.6 Å². The fraction of sp³-hybridized carbons (Fsp3) is 0.364. The topological polar surface area (TPSA) is 104 Å². The number of fused-ring (bicyclic) bond motifs is 1. The maximum Gasteiger partial charge on any atom is 0.326 e. The summed E-state index contributed by atoms with van der Waals surface area (Å²) in [4.78, 5) is 24.6. The molecule has 0 aromatic heterocycles. The van der Waals surface area contributed by atoms with Gasteiger partial charge in [-0.05, 0) is 36.1 Å². The number of nitrogens with one attached hydrogen (secondary N) is 1. The third-order valence-electron chi connectivity index (χ3n) is 5.47. The zero-order valence-corrected chi connectivity index (χ0v) is 19.8. The number of carboxylic acids is 1. The van der Waals surface area contributed by atoms with Gasteiger partial charge in [0.2, 0.25) is 15.9 Å². The molecule has 1 amide bonds. The molecule has 7 nitrogen and oxygen atoms in total. The summed E-state index contributed by atoms with van der Waals surface area (Å²) in [6.07, 6.45) is 1.75. The number of carbonyl (C=O) groups excluding carboxylic acids is 1. The highest BCUT2D eigenvalue weighted by Gasteiger charge is 2.41. The standard InChI is InChI=1S/C22H24Cl2N2O5S/c1-2-3-10-17(22(28)29)25-21(27)18-12-14-7-4-5-8-15(14)13-26(18)32(30,31)19-11-6-9-16(23)20(19)24/h4-9,11,17-18H,2-3,10,12-13H2,1H3,(H,25,27)(H,28,29)/t17?,18-/m0/s1. The molecule has 0 spiro atoms. The molecule has 172 valence electrons. The number of carboxylic acid groups (broad SMARTS) is 1. The number of hydrogen-bond acceptors (Lipinski definition) is 4. The predicted molar refractivity (Wildman–Crippen MR) is 122 cm³/mol. The van der Waals surface area contributed by atoms with Crippen molar-refractivity contribution in [1.82, 2.24) is 9.62 Å². The summed E-state index contributed by atoms with van der Waals surface area (Å²) in [6, 6.07) is 9.29. The molecular formula is C22H24Cl2N2O5S. The molecule has 10 heteroatoms. The first kappa shape index (κ1) is 24.5. The van der Waals surface area contributed by atoms with E-state index in [1.807, 2.05) is 19.1 Å². The number of unbranched alkanes of at least 4 members (excludes halogenated alkanes) is 1. The van der Waals surface area contributed by atoms with Gasteiger partial charge in [0.25, 0.3) is 0 Å². The van der Waals surface area contributed by atoms with Crippen LogP contribution in [0.15, 0.2) is 47.4 Å². The quantitative estimate of drug-likeness (QED) is 0.574. The molecule has 1 aliphatic rings. The summed E-state index contributed by atoms with van der Waals surface area (Å²) in [5.41, 5.74) is 1.59. The maximum atomic E-state index is 13.6. The minimum atomic E-state index is -4.22. The van der Waals surface area contributed by atoms with E-state index in [1.54, 1.807) is 12.1 Å². The number of rotatable bonds is 8. The highest BCUT2D eigenvalue weighted by Crippen LogP contribution is 2.35. The van der Waals surface area contributed by atoms with Crippen LogP contribution in [0.5, 0.6) is 0 Å². The third-order valence-corrected chi connectivity index (χ3v) is 8.30. The zero-order valence-electron chi connectivity index (χ0n) is 17.4. The van der Waals surface area contributed by atoms with Crippen LogP contribution in [0, 0.1) is 0 Å². The van der Waals surface area contributed by atoms with Gasteiger partial charge in [0, 0.05) is 6.54 Å². The molecule has 2 aromatic carbocycles. The summed E-state index contributed by atoms with van der Waals surface area (Å²) in [6.45, 7) is 1.87. The van der Waals surface area contributed by atoms with Crippen LogP contribution in [-0.4, -0.2) is 41.8 Å². The number of halogens is 2. The Labute approximate surface area is 197 Å². The van der Waals surface area contributed by atoms with Gasteiger partial charge in [0.05, 0.1) is 10.0 Å². The Bertz CT molecular complexity index is 1120. The molecule has 0 radical (unpaired) electrons. The van der Waals surface area contributed by atoms with Crippen molar-refractivity contribution in [2.24, 2.45) is 0 Å². The number of amides is 1. The zero-order chi connectivity index (χ0) is 23.5. The lowest BCUT2D eigenvalue weighted by molar-refractivity contribution is -0.142. The van der Waals surface area contributed by atoms with Crippen LogP contribution in [0.1, 0.15) is 37.3 Å². The van der Waals surface area contributed by atoms with E-state index in [4.69, 9.17) is 23.2 Å². The van der Waals surface area contributed by atoms with Crippen molar-refractivity contribution in [3.8, 4) is 0 Å². The first-order valence-electron chi connectivity index (χ1n) is 10.2. The van der Waals surface area contributed by atoms with E-state index in [9.17, 15) is 23.1 Å². The van der Waals surface area contributed by atoms with Crippen LogP contribution in [-0.2, 0) is 32.6 Å². The van der Waals surface area contributed by atoms with E-state index in [0.29, 0.717) is 6.42 Å². The summed E-state index contributed by atoms with van der Waals surface area (Å²) < 4.78 is 28.2. The van der Waals surface area contributed by atoms with E-state index in [1.165, 1.54) is 18.2 Å². The second-order valence-corrected chi connectivity index (χ2v) is 10.3. The second-order valence-electron chi connectivity index (χ2n) is 7.63. The Morgan fingerprint density at radius 3 is 2.50 bits per heavy atom. The number of carbonyl (C=O) groups is 2. The van der Waals surface area contributed by atoms with Crippen molar-refractivity contribution in [2.45, 2.75) is 56.1 Å². The first-order chi connectivity index (χ1) is 15.2. The van der Waals surface area contributed by atoms with Crippen LogP contribution >= 0.6 is 23.2 Å². The fourth-order valence-electron chi connectivity index (χ4n) is 3.72. The van der Waals surface area contributed by atoms with Crippen molar-refractivity contribution in [3.63, 3.8) is 0 Å². The molecule has 1 heterocycles. The minimum absolute atomic E-state index is 0.0495. The Balaban J connectivity index is 2.00. The Morgan fingerprint density at radius 2 is 1.84 bits per heavy atom. The van der Waals surface area contributed by atoms with Crippen molar-refractivity contribution in [2.75, 3.05) is 0 Å². The van der Waals surface area contributed by atoms with Crippen molar-refractivity contribution >= 4 is 45.1 Å². The van der Waals surface area contributed by atoms with Gasteiger partial charge in [-0.3, -0.25) is 4.79 Å². The van der Waals surface area contributed by atoms with Crippen molar-refractivity contribution < 1.29 is 23.1 Å². The number of sulfonamides is 1. The molecule has 0 bridgehead atoms. The molecule has 1 aliphatic heterocycles. The smallest absolute Gasteiger partial charge is 0.326 e. The van der Waals surface area contributed by atoms with E-state index in [-0.39, 0.29) is 34.3 Å². The average molecular weight is 499 g/mol. The van der Waals surface area contributed by atoms with Gasteiger partial charge in [-0.2, -0.15) is 4.31 Å². The SMILES string of the molecule is CCCCC(NC(=O)[C@@H]1Cc2ccccc2CN1S(=O)(=O)c1cccc(Cl)c1Cl)C(=O)O. The molecule has 0 saturated heterocycles. The molecular weight excluding hydrogens is 475 g/mol. The largest absolute Gasteiger partial charge is 0.480 e. The molecule has 2 N–H and O–H groups in total. The average Bonchev–Trinajstić information content (AvgIpc) is 2.77. The lowest BCUT2D eigenvalue weighted by Gasteiger charge is -2.35. The molecule has 0 aliphatic carbocycles. The highest BCUT2D eigenvalue weighted by atomic mass is 35.5. The number of hydrogen-bond donors (Lipinski definition) is 2. The lowest BCUT2D eigenvalue weighted by atomic mass is 9.95. The lowest BCUT2D eigenvalue weighted by Crippen LogP contribution is -2.55. The first-order valence-corrected chi connectivity index (χ1v) is 12.4. The summed E-state index contributed by atoms with van der Waals surface area (Å²) in [5.74, 6) is -1.82. The molecule has 32 heavy (non-hydrogen) atoms. The van der Waals surface area contributed by atoms with Gasteiger partial charge in [0.1, 0.15) is 17.0 Å². The summed E-state index contributed by atoms with van der Waals surface area (Å²) in [7, 11) is -4.22. The van der Waals surface area contributed by atoms with Gasteiger partial charge >= 0.3 is 5.97 Å². The Hall–Kier alpha value is -2.13.